The second-order valence-corrected chi connectivity index (χ2v) is 8.11. The summed E-state index contributed by atoms with van der Waals surface area (Å²) in [5, 5.41) is 4.20. The molecule has 0 aliphatic heterocycles. The summed E-state index contributed by atoms with van der Waals surface area (Å²) in [6, 6.07) is 21.9. The van der Waals surface area contributed by atoms with E-state index < -0.39 is 0 Å². The van der Waals surface area contributed by atoms with Crippen molar-refractivity contribution < 1.29 is 19.0 Å². The van der Waals surface area contributed by atoms with Gasteiger partial charge in [0.1, 0.15) is 5.75 Å². The smallest absolute Gasteiger partial charge is 0.220 e. The van der Waals surface area contributed by atoms with Crippen LogP contribution in [0, 0.1) is 0 Å². The molecule has 1 heterocycles. The molecular weight excluding hydrogens is 428 g/mol. The molecule has 0 fully saturated rings. The summed E-state index contributed by atoms with van der Waals surface area (Å²) >= 11 is 0. The van der Waals surface area contributed by atoms with Crippen LogP contribution < -0.4 is 19.5 Å². The van der Waals surface area contributed by atoms with Crippen molar-refractivity contribution in [1.82, 2.24) is 10.3 Å². The number of carbonyl (C=O) groups is 1. The van der Waals surface area contributed by atoms with Gasteiger partial charge in [0, 0.05) is 36.0 Å². The molecule has 0 saturated carbocycles. The fourth-order valence-electron chi connectivity index (χ4n) is 4.29. The Balaban J connectivity index is 1.49. The van der Waals surface area contributed by atoms with Gasteiger partial charge in [-0.3, -0.25) is 4.79 Å². The third-order valence-electron chi connectivity index (χ3n) is 6.07. The molecule has 0 bridgehead atoms. The van der Waals surface area contributed by atoms with Crippen LogP contribution in [0.3, 0.4) is 0 Å². The number of hydrogen-bond acceptors (Lipinski definition) is 4. The van der Waals surface area contributed by atoms with Gasteiger partial charge in [0.25, 0.3) is 0 Å². The number of amides is 1. The van der Waals surface area contributed by atoms with Crippen LogP contribution in [0.4, 0.5) is 0 Å². The lowest BCUT2D eigenvalue weighted by atomic mass is 9.88. The predicted octanol–water partition coefficient (Wildman–Crippen LogP) is 5.07. The summed E-state index contributed by atoms with van der Waals surface area (Å²) in [5.41, 5.74) is 4.26. The van der Waals surface area contributed by atoms with E-state index in [1.54, 1.807) is 21.3 Å². The number of para-hydroxylation sites is 1. The highest BCUT2D eigenvalue weighted by molar-refractivity contribution is 5.86. The van der Waals surface area contributed by atoms with E-state index in [0.29, 0.717) is 30.9 Å². The standard InChI is InChI=1S/C28H30N2O4/c1-32-21-8-6-7-20(16-21)23(24-18-30-25-10-5-4-9-22(24)25)17-28(31)29-14-13-19-11-12-26(33-2)27(15-19)34-3/h4-12,15-16,18,23,30H,13-14,17H2,1-3H3,(H,29,31). The molecule has 176 valence electrons. The quantitative estimate of drug-likeness (QED) is 0.348. The molecule has 3 aromatic carbocycles. The van der Waals surface area contributed by atoms with Crippen molar-refractivity contribution in [3.8, 4) is 17.2 Å². The molecule has 6 heteroatoms. The number of H-pyrrole nitrogens is 1. The molecule has 6 nitrogen and oxygen atoms in total. The van der Waals surface area contributed by atoms with Gasteiger partial charge in [-0.05, 0) is 53.4 Å². The Morgan fingerprint density at radius 3 is 2.53 bits per heavy atom. The number of benzene rings is 3. The highest BCUT2D eigenvalue weighted by Crippen LogP contribution is 2.34. The molecule has 1 unspecified atom stereocenters. The van der Waals surface area contributed by atoms with Crippen LogP contribution in [-0.2, 0) is 11.2 Å². The van der Waals surface area contributed by atoms with Crippen LogP contribution in [0.2, 0.25) is 0 Å². The molecule has 1 aromatic heterocycles. The van der Waals surface area contributed by atoms with E-state index in [0.717, 1.165) is 33.3 Å². The number of rotatable bonds is 10. The molecule has 4 aromatic rings. The number of aromatic amines is 1. The van der Waals surface area contributed by atoms with E-state index in [4.69, 9.17) is 14.2 Å². The molecule has 2 N–H and O–H groups in total. The number of ether oxygens (including phenoxy) is 3. The van der Waals surface area contributed by atoms with Gasteiger partial charge in [-0.15, -0.1) is 0 Å². The second-order valence-electron chi connectivity index (χ2n) is 8.11. The van der Waals surface area contributed by atoms with Crippen LogP contribution in [0.15, 0.2) is 72.9 Å². The van der Waals surface area contributed by atoms with Crippen molar-refractivity contribution in [1.29, 1.82) is 0 Å². The second kappa shape index (κ2) is 10.8. The van der Waals surface area contributed by atoms with E-state index in [-0.39, 0.29) is 11.8 Å². The molecular formula is C28H30N2O4. The minimum Gasteiger partial charge on any atom is -0.497 e. The van der Waals surface area contributed by atoms with E-state index in [1.807, 2.05) is 66.9 Å². The molecule has 0 radical (unpaired) electrons. The highest BCUT2D eigenvalue weighted by atomic mass is 16.5. The van der Waals surface area contributed by atoms with Crippen LogP contribution in [0.1, 0.15) is 29.0 Å². The number of nitrogens with one attached hydrogen (secondary N) is 2. The average molecular weight is 459 g/mol. The molecule has 0 aliphatic carbocycles. The number of hydrogen-bond donors (Lipinski definition) is 2. The third-order valence-corrected chi connectivity index (χ3v) is 6.07. The Morgan fingerprint density at radius 2 is 1.74 bits per heavy atom. The minimum absolute atomic E-state index is 0.00132. The summed E-state index contributed by atoms with van der Waals surface area (Å²) in [6.45, 7) is 0.535. The number of carbonyl (C=O) groups excluding carboxylic acids is 1. The van der Waals surface area contributed by atoms with E-state index in [2.05, 4.69) is 16.4 Å². The predicted molar refractivity (Wildman–Crippen MR) is 134 cm³/mol. The van der Waals surface area contributed by atoms with Crippen molar-refractivity contribution in [3.63, 3.8) is 0 Å². The number of methoxy groups -OCH3 is 3. The summed E-state index contributed by atoms with van der Waals surface area (Å²) < 4.78 is 16.1. The topological polar surface area (TPSA) is 72.6 Å². The fraction of sp³-hybridized carbons (Fsp3) is 0.250. The first-order valence-corrected chi connectivity index (χ1v) is 11.3. The summed E-state index contributed by atoms with van der Waals surface area (Å²) in [5.74, 6) is 2.04. The Bertz CT molecular complexity index is 1260. The van der Waals surface area contributed by atoms with Crippen molar-refractivity contribution in [2.24, 2.45) is 0 Å². The van der Waals surface area contributed by atoms with Crippen molar-refractivity contribution >= 4 is 16.8 Å². The summed E-state index contributed by atoms with van der Waals surface area (Å²) in [4.78, 5) is 16.4. The number of aromatic nitrogens is 1. The largest absolute Gasteiger partial charge is 0.497 e. The molecule has 0 spiro atoms. The van der Waals surface area contributed by atoms with E-state index >= 15 is 0 Å². The van der Waals surface area contributed by atoms with Gasteiger partial charge in [-0.25, -0.2) is 0 Å². The van der Waals surface area contributed by atoms with Gasteiger partial charge < -0.3 is 24.5 Å². The van der Waals surface area contributed by atoms with Gasteiger partial charge in [0.15, 0.2) is 11.5 Å². The lowest BCUT2D eigenvalue weighted by Crippen LogP contribution is -2.27. The monoisotopic (exact) mass is 458 g/mol. The Hall–Kier alpha value is -3.93. The SMILES string of the molecule is COc1cccc(C(CC(=O)NCCc2ccc(OC)c(OC)c2)c2c[nH]c3ccccc23)c1. The molecule has 0 saturated heterocycles. The maximum Gasteiger partial charge on any atom is 0.220 e. The molecule has 1 atom stereocenters. The normalized spacial score (nSPS) is 11.7. The summed E-state index contributed by atoms with van der Waals surface area (Å²) in [7, 11) is 4.89. The third kappa shape index (κ3) is 5.17. The zero-order chi connectivity index (χ0) is 23.9. The maximum absolute atomic E-state index is 13.0. The zero-order valence-electron chi connectivity index (χ0n) is 19.8. The molecule has 34 heavy (non-hydrogen) atoms. The average Bonchev–Trinajstić information content (AvgIpc) is 3.31. The van der Waals surface area contributed by atoms with E-state index in [1.165, 1.54) is 0 Å². The van der Waals surface area contributed by atoms with Gasteiger partial charge in [0.2, 0.25) is 5.91 Å². The van der Waals surface area contributed by atoms with Crippen LogP contribution >= 0.6 is 0 Å². The van der Waals surface area contributed by atoms with Crippen molar-refractivity contribution in [3.05, 3.63) is 89.6 Å². The Kier molecular flexibility index (Phi) is 7.38. The van der Waals surface area contributed by atoms with Gasteiger partial charge in [-0.2, -0.15) is 0 Å². The lowest BCUT2D eigenvalue weighted by molar-refractivity contribution is -0.121. The van der Waals surface area contributed by atoms with Crippen molar-refractivity contribution in [2.75, 3.05) is 27.9 Å². The van der Waals surface area contributed by atoms with Gasteiger partial charge >= 0.3 is 0 Å². The van der Waals surface area contributed by atoms with Gasteiger partial charge in [0.05, 0.1) is 21.3 Å². The van der Waals surface area contributed by atoms with Crippen molar-refractivity contribution in [2.45, 2.75) is 18.8 Å². The molecule has 4 rings (SSSR count). The van der Waals surface area contributed by atoms with Crippen LogP contribution in [-0.4, -0.2) is 38.8 Å². The number of fused-ring (bicyclic) bond motifs is 1. The highest BCUT2D eigenvalue weighted by Gasteiger charge is 2.22. The Morgan fingerprint density at radius 1 is 0.912 bits per heavy atom. The van der Waals surface area contributed by atoms with E-state index in [9.17, 15) is 4.79 Å². The van der Waals surface area contributed by atoms with Crippen LogP contribution in [0.5, 0.6) is 17.2 Å². The first kappa shape index (κ1) is 23.2. The van der Waals surface area contributed by atoms with Crippen LogP contribution in [0.25, 0.3) is 10.9 Å². The first-order valence-electron chi connectivity index (χ1n) is 11.3. The first-order chi connectivity index (χ1) is 16.6. The minimum atomic E-state index is -0.104. The lowest BCUT2D eigenvalue weighted by Gasteiger charge is -2.18. The summed E-state index contributed by atoms with van der Waals surface area (Å²) in [6.07, 6.45) is 3.04. The maximum atomic E-state index is 13.0. The fourth-order valence-corrected chi connectivity index (χ4v) is 4.29. The Labute approximate surface area is 199 Å². The molecule has 0 aliphatic rings. The molecule has 1 amide bonds. The van der Waals surface area contributed by atoms with Gasteiger partial charge in [-0.1, -0.05) is 36.4 Å². The zero-order valence-corrected chi connectivity index (χ0v) is 19.8.